The van der Waals surface area contributed by atoms with Gasteiger partial charge in [0, 0.05) is 23.9 Å². The number of carbonyl (C=O) groups excluding carboxylic acids is 1. The molecule has 1 heterocycles. The van der Waals surface area contributed by atoms with Crippen molar-refractivity contribution in [2.24, 2.45) is 0 Å². The van der Waals surface area contributed by atoms with Crippen LogP contribution in [-0.4, -0.2) is 25.3 Å². The summed E-state index contributed by atoms with van der Waals surface area (Å²) in [5.41, 5.74) is -0.0550. The largest absolute Gasteiger partial charge is 0.460 e. The molecule has 0 bridgehead atoms. The van der Waals surface area contributed by atoms with Crippen LogP contribution in [-0.2, 0) is 9.53 Å². The number of piperidine rings is 1. The van der Waals surface area contributed by atoms with Crippen molar-refractivity contribution in [2.75, 3.05) is 0 Å². The fourth-order valence-electron chi connectivity index (χ4n) is 2.53. The maximum absolute atomic E-state index is 11.8. The molecule has 1 aliphatic rings. The van der Waals surface area contributed by atoms with Crippen molar-refractivity contribution in [3.05, 3.63) is 0 Å². The highest BCUT2D eigenvalue weighted by atomic mass is 80.0. The van der Waals surface area contributed by atoms with Gasteiger partial charge in [0.2, 0.25) is 2.14 Å². The Morgan fingerprint density at radius 3 is 1.94 bits per heavy atom. The van der Waals surface area contributed by atoms with Crippen LogP contribution in [0, 0.1) is 0 Å². The Morgan fingerprint density at radius 2 is 1.59 bits per heavy atom. The van der Waals surface area contributed by atoms with E-state index in [1.807, 2.05) is 0 Å². The zero-order valence-electron chi connectivity index (χ0n) is 10.4. The molecule has 0 spiro atoms. The normalized spacial score (nSPS) is 24.4. The molecule has 100 valence electrons. The van der Waals surface area contributed by atoms with Gasteiger partial charge >= 0.3 is 5.97 Å². The zero-order chi connectivity index (χ0) is 13.5. The number of carbonyl (C=O) groups is 1. The lowest BCUT2D eigenvalue weighted by atomic mass is 9.81. The van der Waals surface area contributed by atoms with Crippen LogP contribution in [0.1, 0.15) is 40.5 Å². The number of nitrogens with one attached hydrogen (secondary N) is 1. The van der Waals surface area contributed by atoms with Crippen LogP contribution in [0.25, 0.3) is 0 Å². The van der Waals surface area contributed by atoms with Gasteiger partial charge in [-0.3, -0.25) is 0 Å². The summed E-state index contributed by atoms with van der Waals surface area (Å²) in [5, 5.41) is 3.55. The molecule has 0 aromatic carbocycles. The topological polar surface area (TPSA) is 38.3 Å². The second kappa shape index (κ2) is 5.10. The predicted molar refractivity (Wildman–Crippen MR) is 79.9 cm³/mol. The van der Waals surface area contributed by atoms with Crippen molar-refractivity contribution in [3.63, 3.8) is 0 Å². The predicted octanol–water partition coefficient (Wildman–Crippen LogP) is 3.68. The minimum atomic E-state index is -0.980. The Kier molecular flexibility index (Phi) is 4.78. The van der Waals surface area contributed by atoms with E-state index >= 15 is 0 Å². The maximum Gasteiger partial charge on any atom is 0.345 e. The van der Waals surface area contributed by atoms with Crippen molar-refractivity contribution in [1.82, 2.24) is 5.32 Å². The van der Waals surface area contributed by atoms with Crippen LogP contribution in [0.2, 0.25) is 0 Å². The Labute approximate surface area is 128 Å². The van der Waals surface area contributed by atoms with E-state index in [9.17, 15) is 4.79 Å². The average molecular weight is 436 g/mol. The summed E-state index contributed by atoms with van der Waals surface area (Å²) < 4.78 is 4.53. The first-order chi connectivity index (χ1) is 7.41. The molecule has 1 saturated heterocycles. The fraction of sp³-hybridized carbons (Fsp3) is 0.909. The van der Waals surface area contributed by atoms with E-state index in [2.05, 4.69) is 80.8 Å². The van der Waals surface area contributed by atoms with Gasteiger partial charge in [-0.1, -0.05) is 0 Å². The summed E-state index contributed by atoms with van der Waals surface area (Å²) in [6, 6.07) is 0. The first-order valence-electron chi connectivity index (χ1n) is 5.48. The first kappa shape index (κ1) is 15.9. The van der Waals surface area contributed by atoms with E-state index in [1.165, 1.54) is 0 Å². The summed E-state index contributed by atoms with van der Waals surface area (Å²) in [6.45, 7) is 8.49. The highest BCUT2D eigenvalue weighted by molar-refractivity contribution is 9.40. The van der Waals surface area contributed by atoms with E-state index < -0.39 is 2.14 Å². The van der Waals surface area contributed by atoms with E-state index in [0.717, 1.165) is 12.8 Å². The third kappa shape index (κ3) is 5.17. The highest BCUT2D eigenvalue weighted by Gasteiger charge is 2.41. The van der Waals surface area contributed by atoms with Crippen LogP contribution in [0.3, 0.4) is 0 Å². The van der Waals surface area contributed by atoms with Gasteiger partial charge in [0.15, 0.2) is 0 Å². The van der Waals surface area contributed by atoms with Gasteiger partial charge in [0.25, 0.3) is 0 Å². The monoisotopic (exact) mass is 433 g/mol. The summed E-state index contributed by atoms with van der Waals surface area (Å²) in [6.07, 6.45) is 1.55. The molecule has 1 rings (SSSR count). The minimum absolute atomic E-state index is 0.0275. The quantitative estimate of drug-likeness (QED) is 0.504. The Morgan fingerprint density at radius 1 is 1.18 bits per heavy atom. The number of hydrogen-bond donors (Lipinski definition) is 1. The van der Waals surface area contributed by atoms with Gasteiger partial charge in [-0.25, -0.2) is 4.79 Å². The van der Waals surface area contributed by atoms with Crippen LogP contribution in [0.15, 0.2) is 0 Å². The number of ether oxygens (including phenoxy) is 1. The summed E-state index contributed by atoms with van der Waals surface area (Å²) in [7, 11) is 0. The van der Waals surface area contributed by atoms with E-state index in [-0.39, 0.29) is 23.2 Å². The Bertz CT molecular complexity index is 294. The maximum atomic E-state index is 11.8. The Hall–Kier alpha value is 0.870. The molecule has 0 saturated carbocycles. The van der Waals surface area contributed by atoms with Gasteiger partial charge in [-0.15, -0.1) is 0 Å². The third-order valence-corrected chi connectivity index (χ3v) is 3.63. The lowest BCUT2D eigenvalue weighted by Crippen LogP contribution is -2.60. The number of rotatable bonds is 1. The van der Waals surface area contributed by atoms with Gasteiger partial charge in [-0.05, 0) is 75.5 Å². The highest BCUT2D eigenvalue weighted by Crippen LogP contribution is 2.37. The summed E-state index contributed by atoms with van der Waals surface area (Å²) >= 11 is 9.51. The molecular formula is C11H18Br3NO2. The SMILES string of the molecule is CC1(C)CC(OC(=O)C(Br)(Br)Br)CC(C)(C)N1. The van der Waals surface area contributed by atoms with Gasteiger partial charge in [0.05, 0.1) is 0 Å². The van der Waals surface area contributed by atoms with Crippen LogP contribution < -0.4 is 5.32 Å². The zero-order valence-corrected chi connectivity index (χ0v) is 15.2. The standard InChI is InChI=1S/C11H18Br3NO2/c1-9(2)5-7(6-10(3,4)15-9)17-8(16)11(12,13)14/h7,15H,5-6H2,1-4H3. The summed E-state index contributed by atoms with van der Waals surface area (Å²) in [4.78, 5) is 11.8. The first-order valence-corrected chi connectivity index (χ1v) is 7.86. The third-order valence-electron chi connectivity index (χ3n) is 2.66. The second-order valence-electron chi connectivity index (χ2n) is 5.83. The van der Waals surface area contributed by atoms with Crippen molar-refractivity contribution >= 4 is 53.8 Å². The molecule has 1 fully saturated rings. The molecular weight excluding hydrogens is 418 g/mol. The molecule has 6 heteroatoms. The van der Waals surface area contributed by atoms with Crippen molar-refractivity contribution < 1.29 is 9.53 Å². The molecule has 0 radical (unpaired) electrons. The molecule has 1 aliphatic heterocycles. The number of hydrogen-bond acceptors (Lipinski definition) is 3. The lowest BCUT2D eigenvalue weighted by Gasteiger charge is -2.46. The van der Waals surface area contributed by atoms with Gasteiger partial charge in [-0.2, -0.15) is 0 Å². The molecule has 0 aromatic rings. The molecule has 1 N–H and O–H groups in total. The van der Waals surface area contributed by atoms with Crippen LogP contribution in [0.4, 0.5) is 0 Å². The Balaban J connectivity index is 2.70. The van der Waals surface area contributed by atoms with Gasteiger partial charge < -0.3 is 10.1 Å². The fourth-order valence-corrected chi connectivity index (χ4v) is 2.81. The lowest BCUT2D eigenvalue weighted by molar-refractivity contribution is -0.150. The molecule has 0 aliphatic carbocycles. The van der Waals surface area contributed by atoms with Crippen molar-refractivity contribution in [3.8, 4) is 0 Å². The minimum Gasteiger partial charge on any atom is -0.460 e. The van der Waals surface area contributed by atoms with Crippen LogP contribution >= 0.6 is 47.8 Å². The molecule has 0 amide bonds. The number of halogens is 3. The number of alkyl halides is 3. The smallest absolute Gasteiger partial charge is 0.345 e. The molecule has 17 heavy (non-hydrogen) atoms. The molecule has 0 aromatic heterocycles. The summed E-state index contributed by atoms with van der Waals surface area (Å²) in [5.74, 6) is -0.351. The van der Waals surface area contributed by atoms with E-state index in [1.54, 1.807) is 0 Å². The molecule has 0 atom stereocenters. The molecule has 0 unspecified atom stereocenters. The van der Waals surface area contributed by atoms with Crippen molar-refractivity contribution in [1.29, 1.82) is 0 Å². The van der Waals surface area contributed by atoms with E-state index in [4.69, 9.17) is 4.74 Å². The van der Waals surface area contributed by atoms with Crippen molar-refractivity contribution in [2.45, 2.75) is 59.9 Å². The van der Waals surface area contributed by atoms with Gasteiger partial charge in [0.1, 0.15) is 6.10 Å². The number of esters is 1. The van der Waals surface area contributed by atoms with Crippen LogP contribution in [0.5, 0.6) is 0 Å². The second-order valence-corrected chi connectivity index (χ2v) is 12.6. The van der Waals surface area contributed by atoms with E-state index in [0.29, 0.717) is 0 Å². The average Bonchev–Trinajstić information content (AvgIpc) is 1.94. The molecule has 3 nitrogen and oxygen atoms in total.